The Balaban J connectivity index is 0.000000251. The third-order valence-electron chi connectivity index (χ3n) is 7.22. The molecule has 4 heterocycles. The van der Waals surface area contributed by atoms with Crippen molar-refractivity contribution >= 4 is 22.1 Å². The molecule has 0 aliphatic heterocycles. The topological polar surface area (TPSA) is 51.8 Å². The second-order valence-electron chi connectivity index (χ2n) is 11.5. The van der Waals surface area contributed by atoms with Crippen molar-refractivity contribution in [2.24, 2.45) is 0 Å². The summed E-state index contributed by atoms with van der Waals surface area (Å²) >= 11 is 0. The van der Waals surface area contributed by atoms with Crippen molar-refractivity contribution in [3.05, 3.63) is 149 Å². The number of furan rings is 1. The summed E-state index contributed by atoms with van der Waals surface area (Å²) in [6.07, 6.45) is 1.07. The molecule has 0 fully saturated rings. The molecular formula is C41H37IrN3O-2. The van der Waals surface area contributed by atoms with Gasteiger partial charge in [0.2, 0.25) is 5.71 Å². The molecule has 0 amide bonds. The Labute approximate surface area is 300 Å². The summed E-state index contributed by atoms with van der Waals surface area (Å²) in [6, 6.07) is 31.6. The van der Waals surface area contributed by atoms with Gasteiger partial charge in [-0.15, -0.1) is 53.6 Å². The minimum absolute atomic E-state index is 0. The molecule has 46 heavy (non-hydrogen) atoms. The number of aromatic nitrogens is 3. The monoisotopic (exact) mass is 791 g/mol. The molecule has 7 aromatic rings. The van der Waals surface area contributed by atoms with Gasteiger partial charge < -0.3 is 14.4 Å². The van der Waals surface area contributed by atoms with E-state index in [1.807, 2.05) is 24.4 Å². The fraction of sp³-hybridized carbons (Fsp3) is 0.195. The number of pyridine rings is 3. The molecule has 0 saturated carbocycles. The molecule has 0 saturated heterocycles. The second-order valence-corrected chi connectivity index (χ2v) is 11.5. The quantitative estimate of drug-likeness (QED) is 0.167. The zero-order chi connectivity index (χ0) is 40.8. The SMILES string of the molecule is [2H]C([2H])([2H])c1c[c-]c(-c2ccc(C(C)(C)C)cn2)cc1.[2H]C([2H])([2H])c1cnc(-c2[c-]ccc3c2oc2nc(C([2H])([2H])c4ccccc4)ccc23)cc1C([2H])([2H])[2H].[Ir]. The fourth-order valence-corrected chi connectivity index (χ4v) is 4.72. The van der Waals surface area contributed by atoms with E-state index in [-0.39, 0.29) is 53.7 Å². The van der Waals surface area contributed by atoms with Crippen LogP contribution < -0.4 is 0 Å². The second kappa shape index (κ2) is 13.9. The average molecular weight is 791 g/mol. The van der Waals surface area contributed by atoms with E-state index in [1.165, 1.54) is 17.7 Å². The number of hydrogen-bond donors (Lipinski definition) is 0. The Morgan fingerprint density at radius 1 is 0.804 bits per heavy atom. The van der Waals surface area contributed by atoms with E-state index in [9.17, 15) is 0 Å². The molecule has 0 unspecified atom stereocenters. The van der Waals surface area contributed by atoms with Gasteiger partial charge in [0.05, 0.1) is 5.58 Å². The molecule has 3 aromatic carbocycles. The number of nitrogens with zero attached hydrogens (tertiary/aromatic N) is 3. The molecule has 0 bridgehead atoms. The molecule has 1 radical (unpaired) electrons. The summed E-state index contributed by atoms with van der Waals surface area (Å²) < 4.78 is 91.8. The Kier molecular flexibility index (Phi) is 6.46. The van der Waals surface area contributed by atoms with Crippen LogP contribution in [0, 0.1) is 32.7 Å². The number of rotatable bonds is 4. The van der Waals surface area contributed by atoms with Crippen molar-refractivity contribution in [1.82, 2.24) is 15.0 Å². The molecule has 0 aliphatic rings. The fourth-order valence-electron chi connectivity index (χ4n) is 4.72. The third kappa shape index (κ3) is 7.33. The van der Waals surface area contributed by atoms with Gasteiger partial charge in [0.15, 0.2) is 0 Å². The molecule has 5 heteroatoms. The maximum atomic E-state index is 8.59. The van der Waals surface area contributed by atoms with Crippen LogP contribution in [-0.2, 0) is 31.9 Å². The van der Waals surface area contributed by atoms with Crippen molar-refractivity contribution in [3.63, 3.8) is 0 Å². The predicted molar refractivity (Wildman–Crippen MR) is 184 cm³/mol. The van der Waals surface area contributed by atoms with E-state index in [4.69, 9.17) is 19.5 Å². The molecule has 0 N–H and O–H groups in total. The molecule has 0 atom stereocenters. The van der Waals surface area contributed by atoms with Gasteiger partial charge in [0.25, 0.3) is 0 Å². The molecular weight excluding hydrogens is 743 g/mol. The van der Waals surface area contributed by atoms with Crippen molar-refractivity contribution in [2.45, 2.75) is 53.1 Å². The van der Waals surface area contributed by atoms with Gasteiger partial charge in [-0.1, -0.05) is 92.7 Å². The van der Waals surface area contributed by atoms with Crippen LogP contribution >= 0.6 is 0 Å². The van der Waals surface area contributed by atoms with Gasteiger partial charge in [-0.25, -0.2) is 4.98 Å². The summed E-state index contributed by atoms with van der Waals surface area (Å²) in [4.78, 5) is 13.1. The maximum absolute atomic E-state index is 8.59. The van der Waals surface area contributed by atoms with E-state index >= 15 is 0 Å². The van der Waals surface area contributed by atoms with Gasteiger partial charge in [-0.3, -0.25) is 0 Å². The molecule has 233 valence electrons. The van der Waals surface area contributed by atoms with Gasteiger partial charge in [-0.2, -0.15) is 0 Å². The summed E-state index contributed by atoms with van der Waals surface area (Å²) in [5, 5.41) is 1.30. The van der Waals surface area contributed by atoms with Crippen LogP contribution in [0.15, 0.2) is 108 Å². The van der Waals surface area contributed by atoms with E-state index in [0.717, 1.165) is 17.5 Å². The smallest absolute Gasteiger partial charge is 0.216 e. The molecule has 4 aromatic heterocycles. The molecule has 0 aliphatic carbocycles. The van der Waals surface area contributed by atoms with Crippen molar-refractivity contribution in [2.75, 3.05) is 0 Å². The summed E-state index contributed by atoms with van der Waals surface area (Å²) in [5.41, 5.74) is 4.21. The first kappa shape index (κ1) is 21.4. The van der Waals surface area contributed by atoms with E-state index in [1.54, 1.807) is 60.7 Å². The van der Waals surface area contributed by atoms with Crippen molar-refractivity contribution < 1.29 is 39.6 Å². The first-order chi connectivity index (χ1) is 26.0. The van der Waals surface area contributed by atoms with Crippen LogP contribution in [-0.4, -0.2) is 15.0 Å². The minimum Gasteiger partial charge on any atom is -0.486 e. The maximum Gasteiger partial charge on any atom is 0.216 e. The molecule has 7 rings (SSSR count). The Morgan fingerprint density at radius 3 is 2.33 bits per heavy atom. The normalized spacial score (nSPS) is 15.8. The summed E-state index contributed by atoms with van der Waals surface area (Å²) in [6.45, 7) is -0.966. The van der Waals surface area contributed by atoms with Gasteiger partial charge >= 0.3 is 0 Å². The number of aryl methyl sites for hydroxylation is 3. The van der Waals surface area contributed by atoms with E-state index in [0.29, 0.717) is 33.0 Å². The van der Waals surface area contributed by atoms with Crippen LogP contribution in [0.1, 0.15) is 69.4 Å². The first-order valence-corrected chi connectivity index (χ1v) is 14.4. The minimum atomic E-state index is -2.66. The predicted octanol–water partition coefficient (Wildman–Crippen LogP) is 10.2. The first-order valence-electron chi connectivity index (χ1n) is 19.9. The van der Waals surface area contributed by atoms with Crippen molar-refractivity contribution in [3.8, 4) is 22.5 Å². The third-order valence-corrected chi connectivity index (χ3v) is 7.22. The van der Waals surface area contributed by atoms with Crippen LogP contribution in [0.2, 0.25) is 0 Å². The Morgan fingerprint density at radius 2 is 1.63 bits per heavy atom. The van der Waals surface area contributed by atoms with Gasteiger partial charge in [-0.05, 0) is 59.3 Å². The number of fused-ring (bicyclic) bond motifs is 3. The molecule has 4 nitrogen and oxygen atoms in total. The standard InChI is InChI=1S/C25H19N2O.C16H18N.Ir/c1-16-13-23(26-15-17(16)2)22-10-6-9-20-21-12-11-19(27-25(21)28-24(20)22)14-18-7-4-3-5-8-18;1-12-5-7-13(8-6-12)15-10-9-14(11-17-15)16(2,3)4;/h3-9,11-13,15H,14H2,1-2H3;5-7,9-11H,1-4H3;/q2*-1;/i1D3,2D3,14D2;1D3;. The zero-order valence-electron chi connectivity index (χ0n) is 36.4. The largest absolute Gasteiger partial charge is 0.486 e. The summed E-state index contributed by atoms with van der Waals surface area (Å²) in [5.74, 6) is 0. The van der Waals surface area contributed by atoms with Crippen LogP contribution in [0.3, 0.4) is 0 Å². The Bertz CT molecular complexity index is 2430. The van der Waals surface area contributed by atoms with Gasteiger partial charge in [0, 0.05) is 65.0 Å². The van der Waals surface area contributed by atoms with Crippen LogP contribution in [0.4, 0.5) is 0 Å². The van der Waals surface area contributed by atoms with Crippen LogP contribution in [0.5, 0.6) is 0 Å². The Hall–Kier alpha value is -4.44. The number of benzene rings is 3. The van der Waals surface area contributed by atoms with E-state index in [2.05, 4.69) is 47.9 Å². The van der Waals surface area contributed by atoms with Crippen LogP contribution in [0.25, 0.3) is 44.6 Å². The average Bonchev–Trinajstić information content (AvgIpc) is 3.52. The molecule has 0 spiro atoms. The zero-order valence-corrected chi connectivity index (χ0v) is 27.8. The van der Waals surface area contributed by atoms with E-state index < -0.39 is 26.9 Å². The van der Waals surface area contributed by atoms with Crippen molar-refractivity contribution in [1.29, 1.82) is 0 Å². The summed E-state index contributed by atoms with van der Waals surface area (Å²) in [7, 11) is 0. The van der Waals surface area contributed by atoms with Gasteiger partial charge in [0.1, 0.15) is 0 Å². The number of hydrogen-bond acceptors (Lipinski definition) is 4.